The van der Waals surface area contributed by atoms with Crippen molar-refractivity contribution in [3.63, 3.8) is 0 Å². The van der Waals surface area contributed by atoms with E-state index in [0.29, 0.717) is 17.5 Å². The van der Waals surface area contributed by atoms with E-state index in [9.17, 15) is 0 Å². The van der Waals surface area contributed by atoms with Crippen LogP contribution in [0.5, 0.6) is 0 Å². The van der Waals surface area contributed by atoms with Crippen molar-refractivity contribution in [3.8, 4) is 17.5 Å². The van der Waals surface area contributed by atoms with Crippen molar-refractivity contribution in [2.24, 2.45) is 0 Å². The Morgan fingerprint density at radius 2 is 2.00 bits per heavy atom. The molecule has 0 unspecified atom stereocenters. The lowest BCUT2D eigenvalue weighted by Gasteiger charge is -1.96. The van der Waals surface area contributed by atoms with Crippen molar-refractivity contribution in [3.05, 3.63) is 29.8 Å². The highest BCUT2D eigenvalue weighted by Gasteiger charge is 2.08. The van der Waals surface area contributed by atoms with E-state index in [4.69, 9.17) is 9.68 Å². The average molecular weight is 273 g/mol. The largest absolute Gasteiger partial charge is 0.411 e. The maximum atomic E-state index is 8.43. The van der Waals surface area contributed by atoms with Gasteiger partial charge >= 0.3 is 0 Å². The minimum atomic E-state index is 0.555. The van der Waals surface area contributed by atoms with Gasteiger partial charge in [-0.25, -0.2) is 0 Å². The van der Waals surface area contributed by atoms with Crippen LogP contribution < -0.4 is 0 Å². The Balaban J connectivity index is 1.88. The van der Waals surface area contributed by atoms with Gasteiger partial charge in [0.15, 0.2) is 0 Å². The highest BCUT2D eigenvalue weighted by molar-refractivity contribution is 7.99. The third-order valence-electron chi connectivity index (χ3n) is 2.61. The van der Waals surface area contributed by atoms with Crippen molar-refractivity contribution < 1.29 is 4.42 Å². The first-order valence-electron chi connectivity index (χ1n) is 6.20. The highest BCUT2D eigenvalue weighted by Crippen LogP contribution is 2.24. The van der Waals surface area contributed by atoms with E-state index in [0.717, 1.165) is 24.2 Å². The van der Waals surface area contributed by atoms with Crippen molar-refractivity contribution in [1.82, 2.24) is 10.2 Å². The molecule has 0 atom stereocenters. The summed E-state index contributed by atoms with van der Waals surface area (Å²) >= 11 is 1.54. The summed E-state index contributed by atoms with van der Waals surface area (Å²) in [7, 11) is 0. The molecule has 0 amide bonds. The summed E-state index contributed by atoms with van der Waals surface area (Å²) in [5, 5.41) is 17.1. The van der Waals surface area contributed by atoms with Gasteiger partial charge in [0, 0.05) is 17.7 Å². The number of aromatic nitrogens is 2. The van der Waals surface area contributed by atoms with Gasteiger partial charge in [0.2, 0.25) is 5.89 Å². The second-order valence-corrected chi connectivity index (χ2v) is 5.25. The first-order valence-corrected chi connectivity index (χ1v) is 7.18. The van der Waals surface area contributed by atoms with Gasteiger partial charge < -0.3 is 4.42 Å². The Hall–Kier alpha value is -1.80. The van der Waals surface area contributed by atoms with Crippen molar-refractivity contribution in [2.75, 3.05) is 5.75 Å². The quantitative estimate of drug-likeness (QED) is 0.591. The molecule has 2 rings (SSSR count). The molecule has 0 aliphatic heterocycles. The van der Waals surface area contributed by atoms with Crippen LogP contribution in [0.4, 0.5) is 0 Å². The molecule has 1 heterocycles. The maximum Gasteiger partial charge on any atom is 0.276 e. The lowest BCUT2D eigenvalue weighted by Crippen LogP contribution is -1.80. The Kier molecular flexibility index (Phi) is 4.99. The van der Waals surface area contributed by atoms with Gasteiger partial charge in [-0.15, -0.1) is 10.2 Å². The smallest absolute Gasteiger partial charge is 0.276 e. The molecule has 0 spiro atoms. The van der Waals surface area contributed by atoms with Gasteiger partial charge in [0.1, 0.15) is 0 Å². The third kappa shape index (κ3) is 4.11. The van der Waals surface area contributed by atoms with Crippen molar-refractivity contribution in [2.45, 2.75) is 31.4 Å². The molecule has 0 N–H and O–H groups in total. The summed E-state index contributed by atoms with van der Waals surface area (Å²) in [5.74, 6) is 1.46. The van der Waals surface area contributed by atoms with E-state index in [1.54, 1.807) is 0 Å². The number of thioether (sulfide) groups is 1. The Morgan fingerprint density at radius 3 is 2.74 bits per heavy atom. The molecular weight excluding hydrogens is 258 g/mol. The molecule has 0 saturated carbocycles. The zero-order chi connectivity index (χ0) is 13.5. The predicted octanol–water partition coefficient (Wildman–Crippen LogP) is 3.83. The average Bonchev–Trinajstić information content (AvgIpc) is 2.88. The number of nitriles is 1. The number of rotatable bonds is 6. The minimum Gasteiger partial charge on any atom is -0.411 e. The summed E-state index contributed by atoms with van der Waals surface area (Å²) < 4.78 is 5.59. The van der Waals surface area contributed by atoms with Gasteiger partial charge in [0.25, 0.3) is 5.22 Å². The Bertz CT molecular complexity index is 557. The molecule has 98 valence electrons. The number of hydrogen-bond acceptors (Lipinski definition) is 5. The summed E-state index contributed by atoms with van der Waals surface area (Å²) in [6, 6.07) is 10.1. The molecule has 1 aromatic heterocycles. The van der Waals surface area contributed by atoms with Crippen LogP contribution in [0.3, 0.4) is 0 Å². The standard InChI is InChI=1S/C14H15N3OS/c1-11-5-7-12(8-6-11)13-16-17-14(18-13)19-10-4-2-3-9-15/h5-8H,2-4,10H2,1H3. The van der Waals surface area contributed by atoms with E-state index in [1.165, 1.54) is 17.3 Å². The van der Waals surface area contributed by atoms with Gasteiger partial charge in [-0.3, -0.25) is 0 Å². The molecule has 4 nitrogen and oxygen atoms in total. The molecule has 0 fully saturated rings. The zero-order valence-electron chi connectivity index (χ0n) is 10.8. The van der Waals surface area contributed by atoms with Crippen LogP contribution in [0.1, 0.15) is 24.8 Å². The number of hydrogen-bond donors (Lipinski definition) is 0. The van der Waals surface area contributed by atoms with E-state index < -0.39 is 0 Å². The molecular formula is C14H15N3OS. The fourth-order valence-electron chi connectivity index (χ4n) is 1.55. The predicted molar refractivity (Wildman–Crippen MR) is 74.7 cm³/mol. The highest BCUT2D eigenvalue weighted by atomic mass is 32.2. The third-order valence-corrected chi connectivity index (χ3v) is 3.52. The molecule has 5 heteroatoms. The van der Waals surface area contributed by atoms with E-state index in [1.807, 2.05) is 31.2 Å². The first kappa shape index (κ1) is 13.6. The van der Waals surface area contributed by atoms with Gasteiger partial charge in [-0.2, -0.15) is 5.26 Å². The number of unbranched alkanes of at least 4 members (excludes halogenated alkanes) is 2. The molecule has 0 radical (unpaired) electrons. The van der Waals surface area contributed by atoms with Crippen LogP contribution in [0.25, 0.3) is 11.5 Å². The summed E-state index contributed by atoms with van der Waals surface area (Å²) in [4.78, 5) is 0. The maximum absolute atomic E-state index is 8.43. The number of nitrogens with zero attached hydrogens (tertiary/aromatic N) is 3. The van der Waals surface area contributed by atoms with Crippen LogP contribution in [0.15, 0.2) is 33.9 Å². The SMILES string of the molecule is Cc1ccc(-c2nnc(SCCCCC#N)o2)cc1. The van der Waals surface area contributed by atoms with Crippen LogP contribution in [0, 0.1) is 18.3 Å². The van der Waals surface area contributed by atoms with Crippen LogP contribution in [-0.4, -0.2) is 16.0 Å². The van der Waals surface area contributed by atoms with Crippen LogP contribution in [-0.2, 0) is 0 Å². The monoisotopic (exact) mass is 273 g/mol. The molecule has 0 aliphatic rings. The molecule has 2 aromatic rings. The molecule has 0 bridgehead atoms. The van der Waals surface area contributed by atoms with Crippen molar-refractivity contribution in [1.29, 1.82) is 5.26 Å². The summed E-state index contributed by atoms with van der Waals surface area (Å²) in [6.07, 6.45) is 2.52. The second kappa shape index (κ2) is 6.95. The second-order valence-electron chi connectivity index (χ2n) is 4.20. The van der Waals surface area contributed by atoms with E-state index in [2.05, 4.69) is 16.3 Å². The summed E-state index contributed by atoms with van der Waals surface area (Å²) in [6.45, 7) is 2.04. The normalized spacial score (nSPS) is 10.3. The zero-order valence-corrected chi connectivity index (χ0v) is 11.6. The van der Waals surface area contributed by atoms with E-state index in [-0.39, 0.29) is 0 Å². The van der Waals surface area contributed by atoms with Gasteiger partial charge in [-0.1, -0.05) is 29.5 Å². The fourth-order valence-corrected chi connectivity index (χ4v) is 2.31. The summed E-state index contributed by atoms with van der Waals surface area (Å²) in [5.41, 5.74) is 2.14. The first-order chi connectivity index (χ1) is 9.29. The van der Waals surface area contributed by atoms with Gasteiger partial charge in [0.05, 0.1) is 6.07 Å². The molecule has 1 aromatic carbocycles. The topological polar surface area (TPSA) is 62.7 Å². The lowest BCUT2D eigenvalue weighted by molar-refractivity contribution is 0.465. The number of benzene rings is 1. The van der Waals surface area contributed by atoms with Crippen molar-refractivity contribution >= 4 is 11.8 Å². The van der Waals surface area contributed by atoms with Crippen LogP contribution in [0.2, 0.25) is 0 Å². The lowest BCUT2D eigenvalue weighted by atomic mass is 10.1. The Morgan fingerprint density at radius 1 is 1.21 bits per heavy atom. The molecule has 19 heavy (non-hydrogen) atoms. The van der Waals surface area contributed by atoms with E-state index >= 15 is 0 Å². The number of aryl methyl sites for hydroxylation is 1. The molecule has 0 saturated heterocycles. The van der Waals surface area contributed by atoms with Crippen LogP contribution >= 0.6 is 11.8 Å². The fraction of sp³-hybridized carbons (Fsp3) is 0.357. The minimum absolute atomic E-state index is 0.555. The molecule has 0 aliphatic carbocycles. The Labute approximate surface area is 116 Å². The van der Waals surface area contributed by atoms with Gasteiger partial charge in [-0.05, 0) is 31.9 Å².